The standard InChI is InChI=1S/C17H29NO8/c1-16(2,3)25-13(20)9-23-12(19)8-7-11(18)15(22)24-10-14(21)26-17(4,5)6/h11H,7-10,18H2,1-6H3/t11-/m0/s1. The molecule has 9 heteroatoms. The Labute approximate surface area is 153 Å². The molecule has 0 heterocycles. The van der Waals surface area contributed by atoms with Gasteiger partial charge in [0, 0.05) is 6.42 Å². The van der Waals surface area contributed by atoms with Gasteiger partial charge >= 0.3 is 23.9 Å². The molecule has 0 saturated carbocycles. The number of hydrogen-bond donors (Lipinski definition) is 1. The van der Waals surface area contributed by atoms with Gasteiger partial charge in [-0.05, 0) is 48.0 Å². The SMILES string of the molecule is CC(C)(C)OC(=O)COC(=O)CC[C@H](N)C(=O)OCC(=O)OC(C)(C)C. The average Bonchev–Trinajstić information content (AvgIpc) is 2.44. The summed E-state index contributed by atoms with van der Waals surface area (Å²) in [6.45, 7) is 9.03. The lowest BCUT2D eigenvalue weighted by Crippen LogP contribution is -2.35. The maximum Gasteiger partial charge on any atom is 0.344 e. The monoisotopic (exact) mass is 375 g/mol. The zero-order valence-corrected chi connectivity index (χ0v) is 16.2. The summed E-state index contributed by atoms with van der Waals surface area (Å²) in [7, 11) is 0. The molecule has 0 spiro atoms. The summed E-state index contributed by atoms with van der Waals surface area (Å²) in [4.78, 5) is 46.1. The maximum absolute atomic E-state index is 11.7. The second-order valence-electron chi connectivity index (χ2n) is 7.59. The average molecular weight is 375 g/mol. The Balaban J connectivity index is 4.07. The van der Waals surface area contributed by atoms with Crippen LogP contribution in [0.15, 0.2) is 0 Å². The van der Waals surface area contributed by atoms with Crippen molar-refractivity contribution in [3.8, 4) is 0 Å². The lowest BCUT2D eigenvalue weighted by Gasteiger charge is -2.19. The number of carbonyl (C=O) groups excluding carboxylic acids is 4. The highest BCUT2D eigenvalue weighted by Gasteiger charge is 2.22. The van der Waals surface area contributed by atoms with Gasteiger partial charge in [-0.25, -0.2) is 9.59 Å². The van der Waals surface area contributed by atoms with Gasteiger partial charge < -0.3 is 24.7 Å². The van der Waals surface area contributed by atoms with Gasteiger partial charge in [0.25, 0.3) is 0 Å². The summed E-state index contributed by atoms with van der Waals surface area (Å²) in [5.74, 6) is -2.91. The zero-order chi connectivity index (χ0) is 20.5. The molecule has 0 aliphatic heterocycles. The highest BCUT2D eigenvalue weighted by atomic mass is 16.6. The van der Waals surface area contributed by atoms with Gasteiger partial charge in [0.2, 0.25) is 0 Å². The van der Waals surface area contributed by atoms with E-state index in [1.807, 2.05) is 0 Å². The first-order valence-corrected chi connectivity index (χ1v) is 8.21. The van der Waals surface area contributed by atoms with E-state index in [2.05, 4.69) is 0 Å². The Morgan fingerprint density at radius 1 is 0.769 bits per heavy atom. The molecule has 1 atom stereocenters. The van der Waals surface area contributed by atoms with E-state index < -0.39 is 54.3 Å². The molecule has 0 amide bonds. The summed E-state index contributed by atoms with van der Waals surface area (Å²) >= 11 is 0. The Morgan fingerprint density at radius 3 is 1.62 bits per heavy atom. The van der Waals surface area contributed by atoms with Crippen molar-refractivity contribution >= 4 is 23.9 Å². The van der Waals surface area contributed by atoms with Crippen molar-refractivity contribution in [2.24, 2.45) is 5.73 Å². The molecule has 0 unspecified atom stereocenters. The topological polar surface area (TPSA) is 131 Å². The first-order valence-electron chi connectivity index (χ1n) is 8.21. The van der Waals surface area contributed by atoms with Crippen LogP contribution in [0.25, 0.3) is 0 Å². The fourth-order valence-electron chi connectivity index (χ4n) is 1.58. The lowest BCUT2D eigenvalue weighted by atomic mass is 10.2. The minimum atomic E-state index is -1.11. The van der Waals surface area contributed by atoms with Gasteiger partial charge in [-0.15, -0.1) is 0 Å². The van der Waals surface area contributed by atoms with E-state index in [1.54, 1.807) is 41.5 Å². The fourth-order valence-corrected chi connectivity index (χ4v) is 1.58. The normalized spacial score (nSPS) is 12.7. The number of carbonyl (C=O) groups is 4. The molecular weight excluding hydrogens is 346 g/mol. The fraction of sp³-hybridized carbons (Fsp3) is 0.765. The van der Waals surface area contributed by atoms with E-state index in [-0.39, 0.29) is 12.8 Å². The van der Waals surface area contributed by atoms with Crippen LogP contribution in [0.1, 0.15) is 54.4 Å². The molecular formula is C17H29NO8. The van der Waals surface area contributed by atoms with Gasteiger partial charge in [0.1, 0.15) is 17.2 Å². The molecule has 0 fully saturated rings. The van der Waals surface area contributed by atoms with Crippen LogP contribution in [-0.2, 0) is 38.1 Å². The zero-order valence-electron chi connectivity index (χ0n) is 16.2. The molecule has 26 heavy (non-hydrogen) atoms. The Bertz CT molecular complexity index is 516. The van der Waals surface area contributed by atoms with Gasteiger partial charge in [0.15, 0.2) is 13.2 Å². The van der Waals surface area contributed by atoms with Crippen molar-refractivity contribution in [3.05, 3.63) is 0 Å². The number of esters is 4. The van der Waals surface area contributed by atoms with Crippen molar-refractivity contribution in [2.75, 3.05) is 13.2 Å². The van der Waals surface area contributed by atoms with Crippen molar-refractivity contribution in [2.45, 2.75) is 71.6 Å². The minimum Gasteiger partial charge on any atom is -0.457 e. The molecule has 0 bridgehead atoms. The molecule has 0 aliphatic rings. The molecule has 0 aromatic rings. The summed E-state index contributed by atoms with van der Waals surface area (Å²) in [6, 6.07) is -1.11. The van der Waals surface area contributed by atoms with E-state index in [1.165, 1.54) is 0 Å². The second kappa shape index (κ2) is 10.1. The van der Waals surface area contributed by atoms with Crippen LogP contribution in [0.4, 0.5) is 0 Å². The van der Waals surface area contributed by atoms with E-state index >= 15 is 0 Å². The van der Waals surface area contributed by atoms with E-state index in [9.17, 15) is 19.2 Å². The predicted molar refractivity (Wildman–Crippen MR) is 90.8 cm³/mol. The van der Waals surface area contributed by atoms with E-state index in [4.69, 9.17) is 24.7 Å². The quantitative estimate of drug-likeness (QED) is 0.484. The van der Waals surface area contributed by atoms with Crippen LogP contribution in [0.3, 0.4) is 0 Å². The van der Waals surface area contributed by atoms with Crippen molar-refractivity contribution in [1.29, 1.82) is 0 Å². The summed E-state index contributed by atoms with van der Waals surface area (Å²) in [6.07, 6.45) is -0.244. The second-order valence-corrected chi connectivity index (χ2v) is 7.59. The molecule has 9 nitrogen and oxygen atoms in total. The molecule has 0 rings (SSSR count). The van der Waals surface area contributed by atoms with E-state index in [0.717, 1.165) is 0 Å². The molecule has 0 aliphatic carbocycles. The van der Waals surface area contributed by atoms with Gasteiger partial charge in [-0.3, -0.25) is 9.59 Å². The number of ether oxygens (including phenoxy) is 4. The van der Waals surface area contributed by atoms with Crippen molar-refractivity contribution in [1.82, 2.24) is 0 Å². The number of nitrogens with two attached hydrogens (primary N) is 1. The molecule has 0 aromatic heterocycles. The third-order valence-electron chi connectivity index (χ3n) is 2.49. The third kappa shape index (κ3) is 13.2. The molecule has 0 saturated heterocycles. The Morgan fingerprint density at radius 2 is 1.19 bits per heavy atom. The van der Waals surface area contributed by atoms with Gasteiger partial charge in [-0.1, -0.05) is 0 Å². The summed E-state index contributed by atoms with van der Waals surface area (Å²) in [5.41, 5.74) is 4.22. The summed E-state index contributed by atoms with van der Waals surface area (Å²) < 4.78 is 19.4. The van der Waals surface area contributed by atoms with E-state index in [0.29, 0.717) is 0 Å². The smallest absolute Gasteiger partial charge is 0.344 e. The third-order valence-corrected chi connectivity index (χ3v) is 2.49. The predicted octanol–water partition coefficient (Wildman–Crippen LogP) is 0.864. The number of rotatable bonds is 8. The number of hydrogen-bond acceptors (Lipinski definition) is 9. The summed E-state index contributed by atoms with van der Waals surface area (Å²) in [5, 5.41) is 0. The first kappa shape index (κ1) is 23.8. The van der Waals surface area contributed by atoms with Crippen LogP contribution >= 0.6 is 0 Å². The van der Waals surface area contributed by atoms with Crippen molar-refractivity contribution < 1.29 is 38.1 Å². The molecule has 2 N–H and O–H groups in total. The molecule has 0 aromatic carbocycles. The van der Waals surface area contributed by atoms with Crippen molar-refractivity contribution in [3.63, 3.8) is 0 Å². The maximum atomic E-state index is 11.7. The van der Waals surface area contributed by atoms with Gasteiger partial charge in [0.05, 0.1) is 0 Å². The van der Waals surface area contributed by atoms with Crippen LogP contribution in [0.5, 0.6) is 0 Å². The first-order chi connectivity index (χ1) is 11.7. The van der Waals surface area contributed by atoms with Crippen LogP contribution in [0.2, 0.25) is 0 Å². The lowest BCUT2D eigenvalue weighted by molar-refractivity contribution is -0.167. The Kier molecular flexibility index (Phi) is 9.26. The largest absolute Gasteiger partial charge is 0.457 e. The van der Waals surface area contributed by atoms with Crippen LogP contribution < -0.4 is 5.73 Å². The van der Waals surface area contributed by atoms with Crippen LogP contribution in [-0.4, -0.2) is 54.3 Å². The highest BCUT2D eigenvalue weighted by Crippen LogP contribution is 2.08. The minimum absolute atomic E-state index is 0.0553. The molecule has 150 valence electrons. The Hall–Kier alpha value is -2.16. The van der Waals surface area contributed by atoms with Gasteiger partial charge in [-0.2, -0.15) is 0 Å². The van der Waals surface area contributed by atoms with Crippen LogP contribution in [0, 0.1) is 0 Å². The highest BCUT2D eigenvalue weighted by molar-refractivity contribution is 5.81. The molecule has 0 radical (unpaired) electrons.